The normalized spacial score (nSPS) is 14.5. The predicted octanol–water partition coefficient (Wildman–Crippen LogP) is 4.09. The predicted molar refractivity (Wildman–Crippen MR) is 104 cm³/mol. The molecular formula is C18H16Cl2N2O3S. The maximum absolute atomic E-state index is 12.1. The third-order valence-corrected chi connectivity index (χ3v) is 5.98. The van der Waals surface area contributed by atoms with Crippen molar-refractivity contribution < 1.29 is 13.2 Å². The molecule has 2 aromatic rings. The van der Waals surface area contributed by atoms with E-state index in [9.17, 15) is 13.2 Å². The molecule has 0 radical (unpaired) electrons. The van der Waals surface area contributed by atoms with E-state index in [-0.39, 0.29) is 16.8 Å². The fourth-order valence-electron chi connectivity index (χ4n) is 2.18. The van der Waals surface area contributed by atoms with Crippen LogP contribution in [-0.2, 0) is 14.8 Å². The van der Waals surface area contributed by atoms with Crippen LogP contribution in [0.4, 0.5) is 5.69 Å². The number of sulfonamides is 1. The first kappa shape index (κ1) is 18.9. The van der Waals surface area contributed by atoms with E-state index < -0.39 is 10.0 Å². The van der Waals surface area contributed by atoms with Crippen molar-refractivity contribution in [3.8, 4) is 0 Å². The highest BCUT2D eigenvalue weighted by molar-refractivity contribution is 7.89. The van der Waals surface area contributed by atoms with Gasteiger partial charge in [-0.3, -0.25) is 4.79 Å². The number of halogens is 2. The molecule has 136 valence electrons. The van der Waals surface area contributed by atoms with E-state index in [1.807, 2.05) is 0 Å². The minimum Gasteiger partial charge on any atom is -0.322 e. The molecular weight excluding hydrogens is 395 g/mol. The molecule has 1 saturated carbocycles. The maximum atomic E-state index is 12.1. The Morgan fingerprint density at radius 1 is 1.04 bits per heavy atom. The van der Waals surface area contributed by atoms with Crippen molar-refractivity contribution in [1.29, 1.82) is 0 Å². The Morgan fingerprint density at radius 2 is 1.73 bits per heavy atom. The standard InChI is InChI=1S/C18H16Cl2N2O3S/c19-16-9-6-14(11-17(16)20)21-18(23)10-3-12-1-7-15(8-2-12)26(24,25)22-13-4-5-13/h1-3,6-11,13,22H,4-5H2,(H,21,23)/b10-3+. The molecule has 3 rings (SSSR count). The van der Waals surface area contributed by atoms with Crippen molar-refractivity contribution in [2.45, 2.75) is 23.8 Å². The minimum atomic E-state index is -3.47. The van der Waals surface area contributed by atoms with Crippen LogP contribution in [0.5, 0.6) is 0 Å². The van der Waals surface area contributed by atoms with E-state index in [0.717, 1.165) is 12.8 Å². The van der Waals surface area contributed by atoms with E-state index in [1.165, 1.54) is 18.2 Å². The Morgan fingerprint density at radius 3 is 2.35 bits per heavy atom. The van der Waals surface area contributed by atoms with Crippen LogP contribution in [0.1, 0.15) is 18.4 Å². The van der Waals surface area contributed by atoms with Crippen molar-refractivity contribution in [3.63, 3.8) is 0 Å². The number of hydrogen-bond acceptors (Lipinski definition) is 3. The summed E-state index contributed by atoms with van der Waals surface area (Å²) in [5.41, 5.74) is 1.24. The zero-order chi connectivity index (χ0) is 18.7. The summed E-state index contributed by atoms with van der Waals surface area (Å²) in [5.74, 6) is -0.338. The van der Waals surface area contributed by atoms with Gasteiger partial charge in [0, 0.05) is 17.8 Å². The first-order valence-corrected chi connectivity index (χ1v) is 10.1. The molecule has 2 N–H and O–H groups in total. The summed E-state index contributed by atoms with van der Waals surface area (Å²) in [7, 11) is -3.47. The second kappa shape index (κ2) is 7.80. The van der Waals surface area contributed by atoms with Crippen LogP contribution in [0, 0.1) is 0 Å². The molecule has 0 heterocycles. The molecule has 0 bridgehead atoms. The molecule has 5 nitrogen and oxygen atoms in total. The Hall–Kier alpha value is -1.86. The molecule has 1 aliphatic carbocycles. The number of nitrogens with one attached hydrogen (secondary N) is 2. The van der Waals surface area contributed by atoms with Gasteiger partial charge in [0.15, 0.2) is 0 Å². The summed E-state index contributed by atoms with van der Waals surface area (Å²) in [6.07, 6.45) is 4.72. The molecule has 0 spiro atoms. The van der Waals surface area contributed by atoms with Gasteiger partial charge in [0.05, 0.1) is 14.9 Å². The van der Waals surface area contributed by atoms with Crippen molar-refractivity contribution in [1.82, 2.24) is 4.72 Å². The lowest BCUT2D eigenvalue weighted by Crippen LogP contribution is -2.25. The average molecular weight is 411 g/mol. The molecule has 1 fully saturated rings. The Balaban J connectivity index is 1.62. The van der Waals surface area contributed by atoms with E-state index in [2.05, 4.69) is 10.0 Å². The van der Waals surface area contributed by atoms with Crippen LogP contribution in [0.2, 0.25) is 10.0 Å². The van der Waals surface area contributed by atoms with E-state index in [1.54, 1.807) is 36.4 Å². The van der Waals surface area contributed by atoms with Crippen molar-refractivity contribution in [2.24, 2.45) is 0 Å². The number of hydrogen-bond donors (Lipinski definition) is 2. The lowest BCUT2D eigenvalue weighted by molar-refractivity contribution is -0.111. The average Bonchev–Trinajstić information content (AvgIpc) is 3.40. The van der Waals surface area contributed by atoms with Gasteiger partial charge < -0.3 is 5.32 Å². The lowest BCUT2D eigenvalue weighted by atomic mass is 10.2. The van der Waals surface area contributed by atoms with E-state index >= 15 is 0 Å². The van der Waals surface area contributed by atoms with Crippen LogP contribution in [-0.4, -0.2) is 20.4 Å². The summed E-state index contributed by atoms with van der Waals surface area (Å²) in [4.78, 5) is 12.2. The van der Waals surface area contributed by atoms with E-state index in [0.29, 0.717) is 21.3 Å². The second-order valence-electron chi connectivity index (χ2n) is 5.92. The zero-order valence-corrected chi connectivity index (χ0v) is 15.9. The summed E-state index contributed by atoms with van der Waals surface area (Å²) in [6, 6.07) is 11.2. The molecule has 1 aliphatic rings. The van der Waals surface area contributed by atoms with Gasteiger partial charge in [-0.15, -0.1) is 0 Å². The first-order valence-electron chi connectivity index (χ1n) is 7.90. The number of amides is 1. The highest BCUT2D eigenvalue weighted by Crippen LogP contribution is 2.25. The zero-order valence-electron chi connectivity index (χ0n) is 13.6. The summed E-state index contributed by atoms with van der Waals surface area (Å²) in [6.45, 7) is 0. The number of rotatable bonds is 6. The summed E-state index contributed by atoms with van der Waals surface area (Å²) >= 11 is 11.7. The van der Waals surface area contributed by atoms with Gasteiger partial charge in [-0.25, -0.2) is 13.1 Å². The van der Waals surface area contributed by atoms with Crippen LogP contribution in [0.15, 0.2) is 53.4 Å². The van der Waals surface area contributed by atoms with Crippen molar-refractivity contribution in [3.05, 3.63) is 64.1 Å². The SMILES string of the molecule is O=C(/C=C/c1ccc(S(=O)(=O)NC2CC2)cc1)Nc1ccc(Cl)c(Cl)c1. The van der Waals surface area contributed by atoms with Gasteiger partial charge in [-0.1, -0.05) is 35.3 Å². The Labute approximate surface area is 162 Å². The molecule has 26 heavy (non-hydrogen) atoms. The maximum Gasteiger partial charge on any atom is 0.248 e. The fourth-order valence-corrected chi connectivity index (χ4v) is 3.78. The van der Waals surface area contributed by atoms with Gasteiger partial charge in [0.2, 0.25) is 15.9 Å². The summed E-state index contributed by atoms with van der Waals surface area (Å²) < 4.78 is 26.8. The molecule has 0 atom stereocenters. The number of carbonyl (C=O) groups excluding carboxylic acids is 1. The number of benzene rings is 2. The fraction of sp³-hybridized carbons (Fsp3) is 0.167. The highest BCUT2D eigenvalue weighted by Gasteiger charge is 2.27. The molecule has 2 aromatic carbocycles. The van der Waals surface area contributed by atoms with Crippen LogP contribution >= 0.6 is 23.2 Å². The highest BCUT2D eigenvalue weighted by atomic mass is 35.5. The van der Waals surface area contributed by atoms with Crippen LogP contribution in [0.25, 0.3) is 6.08 Å². The number of anilines is 1. The Bertz CT molecular complexity index is 953. The molecule has 0 saturated heterocycles. The van der Waals surface area contributed by atoms with Crippen molar-refractivity contribution >= 4 is 50.9 Å². The van der Waals surface area contributed by atoms with Crippen LogP contribution < -0.4 is 10.0 Å². The van der Waals surface area contributed by atoms with Gasteiger partial charge >= 0.3 is 0 Å². The monoisotopic (exact) mass is 410 g/mol. The quantitative estimate of drug-likeness (QED) is 0.704. The molecule has 1 amide bonds. The first-order chi connectivity index (χ1) is 12.3. The topological polar surface area (TPSA) is 75.3 Å². The molecule has 0 unspecified atom stereocenters. The van der Waals surface area contributed by atoms with Crippen molar-refractivity contribution in [2.75, 3.05) is 5.32 Å². The number of carbonyl (C=O) groups is 1. The summed E-state index contributed by atoms with van der Waals surface area (Å²) in [5, 5.41) is 3.43. The second-order valence-corrected chi connectivity index (χ2v) is 8.44. The van der Waals surface area contributed by atoms with Crippen LogP contribution in [0.3, 0.4) is 0 Å². The van der Waals surface area contributed by atoms with Gasteiger partial charge in [0.1, 0.15) is 0 Å². The lowest BCUT2D eigenvalue weighted by Gasteiger charge is -2.05. The molecule has 8 heteroatoms. The molecule has 0 aliphatic heterocycles. The Kier molecular flexibility index (Phi) is 5.67. The molecule has 0 aromatic heterocycles. The van der Waals surface area contributed by atoms with Gasteiger partial charge in [0.25, 0.3) is 0 Å². The third kappa shape index (κ3) is 5.08. The smallest absolute Gasteiger partial charge is 0.248 e. The minimum absolute atomic E-state index is 0.0599. The third-order valence-electron chi connectivity index (χ3n) is 3.70. The largest absolute Gasteiger partial charge is 0.322 e. The van der Waals surface area contributed by atoms with E-state index in [4.69, 9.17) is 23.2 Å². The van der Waals surface area contributed by atoms with Gasteiger partial charge in [-0.2, -0.15) is 0 Å². The van der Waals surface area contributed by atoms with Gasteiger partial charge in [-0.05, 0) is 54.8 Å².